The third kappa shape index (κ3) is 4.59. The molecule has 126 valence electrons. The van der Waals surface area contributed by atoms with Crippen molar-refractivity contribution in [2.75, 3.05) is 13.7 Å². The number of amides is 1. The number of nitrogens with one attached hydrogen (secondary N) is 1. The standard InChI is InChI=1S/C19H21NO4/c1-13-8-10-15(11-9-13)14(2)20-18(21)12-24-19(22)16-6-4-5-7-17(16)23-3/h4-11,14H,12H2,1-3H3,(H,20,21)/t14-/m0/s1. The van der Waals surface area contributed by atoms with Gasteiger partial charge in [0.2, 0.25) is 0 Å². The molecule has 0 saturated carbocycles. The summed E-state index contributed by atoms with van der Waals surface area (Å²) in [6, 6.07) is 14.4. The first-order valence-electron chi connectivity index (χ1n) is 7.67. The molecule has 0 fully saturated rings. The van der Waals surface area contributed by atoms with E-state index in [1.807, 2.05) is 38.1 Å². The normalized spacial score (nSPS) is 11.5. The van der Waals surface area contributed by atoms with E-state index in [2.05, 4.69) is 5.32 Å². The van der Waals surface area contributed by atoms with Crippen LogP contribution in [0.25, 0.3) is 0 Å². The van der Waals surface area contributed by atoms with E-state index in [1.54, 1.807) is 24.3 Å². The van der Waals surface area contributed by atoms with Gasteiger partial charge in [0, 0.05) is 0 Å². The molecule has 2 aromatic carbocycles. The molecular formula is C19H21NO4. The number of hydrogen-bond donors (Lipinski definition) is 1. The number of benzene rings is 2. The molecule has 0 spiro atoms. The van der Waals surface area contributed by atoms with Crippen LogP contribution >= 0.6 is 0 Å². The number of ether oxygens (including phenoxy) is 2. The van der Waals surface area contributed by atoms with E-state index in [9.17, 15) is 9.59 Å². The number of aryl methyl sites for hydroxylation is 1. The van der Waals surface area contributed by atoms with Gasteiger partial charge in [0.15, 0.2) is 6.61 Å². The van der Waals surface area contributed by atoms with Gasteiger partial charge in [0.1, 0.15) is 11.3 Å². The van der Waals surface area contributed by atoms with E-state index in [1.165, 1.54) is 7.11 Å². The lowest BCUT2D eigenvalue weighted by atomic mass is 10.1. The Kier molecular flexibility index (Phi) is 5.95. The van der Waals surface area contributed by atoms with Gasteiger partial charge in [-0.05, 0) is 31.5 Å². The highest BCUT2D eigenvalue weighted by Crippen LogP contribution is 2.18. The quantitative estimate of drug-likeness (QED) is 0.828. The van der Waals surface area contributed by atoms with Gasteiger partial charge in [0.25, 0.3) is 5.91 Å². The van der Waals surface area contributed by atoms with Gasteiger partial charge in [-0.3, -0.25) is 4.79 Å². The molecule has 5 nitrogen and oxygen atoms in total. The minimum absolute atomic E-state index is 0.164. The van der Waals surface area contributed by atoms with E-state index in [4.69, 9.17) is 9.47 Å². The summed E-state index contributed by atoms with van der Waals surface area (Å²) in [7, 11) is 1.47. The van der Waals surface area contributed by atoms with Crippen LogP contribution < -0.4 is 10.1 Å². The molecule has 1 atom stereocenters. The first kappa shape index (κ1) is 17.5. The molecule has 0 saturated heterocycles. The molecule has 0 aliphatic heterocycles. The molecule has 0 bridgehead atoms. The Labute approximate surface area is 141 Å². The van der Waals surface area contributed by atoms with Crippen LogP contribution in [0.15, 0.2) is 48.5 Å². The van der Waals surface area contributed by atoms with E-state index < -0.39 is 5.97 Å². The number of esters is 1. The van der Waals surface area contributed by atoms with Crippen molar-refractivity contribution in [2.24, 2.45) is 0 Å². The lowest BCUT2D eigenvalue weighted by molar-refractivity contribution is -0.124. The van der Waals surface area contributed by atoms with Crippen LogP contribution in [0, 0.1) is 6.92 Å². The third-order valence-electron chi connectivity index (χ3n) is 3.62. The summed E-state index contributed by atoms with van der Waals surface area (Å²) in [6.45, 7) is 3.54. The Morgan fingerprint density at radius 3 is 2.42 bits per heavy atom. The SMILES string of the molecule is COc1ccccc1C(=O)OCC(=O)N[C@@H](C)c1ccc(C)cc1. The summed E-state index contributed by atoms with van der Waals surface area (Å²) in [5.41, 5.74) is 2.44. The van der Waals surface area contributed by atoms with E-state index in [0.717, 1.165) is 11.1 Å². The topological polar surface area (TPSA) is 64.6 Å². The van der Waals surface area contributed by atoms with Crippen molar-refractivity contribution in [3.63, 3.8) is 0 Å². The number of rotatable bonds is 6. The monoisotopic (exact) mass is 327 g/mol. The molecule has 2 aromatic rings. The van der Waals surface area contributed by atoms with Crippen LogP contribution in [-0.4, -0.2) is 25.6 Å². The fraction of sp³-hybridized carbons (Fsp3) is 0.263. The van der Waals surface area contributed by atoms with E-state index >= 15 is 0 Å². The third-order valence-corrected chi connectivity index (χ3v) is 3.62. The molecule has 0 aliphatic rings. The van der Waals surface area contributed by atoms with Gasteiger partial charge in [-0.15, -0.1) is 0 Å². The molecule has 2 rings (SSSR count). The average molecular weight is 327 g/mol. The summed E-state index contributed by atoms with van der Waals surface area (Å²) in [5.74, 6) is -0.534. The van der Waals surface area contributed by atoms with Crippen LogP contribution in [-0.2, 0) is 9.53 Å². The molecule has 1 N–H and O–H groups in total. The molecular weight excluding hydrogens is 306 g/mol. The van der Waals surface area contributed by atoms with Crippen molar-refractivity contribution in [3.05, 3.63) is 65.2 Å². The highest BCUT2D eigenvalue weighted by atomic mass is 16.5. The van der Waals surface area contributed by atoms with Crippen LogP contribution in [0.3, 0.4) is 0 Å². The molecule has 0 heterocycles. The molecule has 0 aromatic heterocycles. The molecule has 1 amide bonds. The molecule has 0 radical (unpaired) electrons. The largest absolute Gasteiger partial charge is 0.496 e. The predicted molar refractivity (Wildman–Crippen MR) is 91.0 cm³/mol. The Balaban J connectivity index is 1.88. The summed E-state index contributed by atoms with van der Waals surface area (Å²) < 4.78 is 10.2. The zero-order valence-electron chi connectivity index (χ0n) is 14.0. The zero-order chi connectivity index (χ0) is 17.5. The van der Waals surface area contributed by atoms with Gasteiger partial charge in [-0.2, -0.15) is 0 Å². The summed E-state index contributed by atoms with van der Waals surface area (Å²) in [4.78, 5) is 24.0. The number of methoxy groups -OCH3 is 1. The number of hydrogen-bond acceptors (Lipinski definition) is 4. The molecule has 0 aliphatic carbocycles. The van der Waals surface area contributed by atoms with Crippen LogP contribution in [0.1, 0.15) is 34.5 Å². The van der Waals surface area contributed by atoms with Gasteiger partial charge in [-0.25, -0.2) is 4.79 Å². The van der Waals surface area contributed by atoms with Crippen molar-refractivity contribution < 1.29 is 19.1 Å². The Bertz CT molecular complexity index is 710. The predicted octanol–water partition coefficient (Wildman–Crippen LogP) is 3.04. The summed E-state index contributed by atoms with van der Waals surface area (Å²) >= 11 is 0. The molecule has 24 heavy (non-hydrogen) atoms. The fourth-order valence-electron chi connectivity index (χ4n) is 2.24. The molecule has 0 unspecified atom stereocenters. The average Bonchev–Trinajstić information content (AvgIpc) is 2.60. The number of carbonyl (C=O) groups excluding carboxylic acids is 2. The smallest absolute Gasteiger partial charge is 0.342 e. The van der Waals surface area contributed by atoms with E-state index in [-0.39, 0.29) is 18.6 Å². The van der Waals surface area contributed by atoms with Crippen molar-refractivity contribution in [1.29, 1.82) is 0 Å². The second-order valence-electron chi connectivity index (χ2n) is 5.48. The van der Waals surface area contributed by atoms with Crippen molar-refractivity contribution in [2.45, 2.75) is 19.9 Å². The van der Waals surface area contributed by atoms with Gasteiger partial charge >= 0.3 is 5.97 Å². The number of carbonyl (C=O) groups is 2. The van der Waals surface area contributed by atoms with Crippen molar-refractivity contribution >= 4 is 11.9 Å². The fourth-order valence-corrected chi connectivity index (χ4v) is 2.24. The lowest BCUT2D eigenvalue weighted by Gasteiger charge is -2.15. The van der Waals surface area contributed by atoms with Crippen molar-refractivity contribution in [1.82, 2.24) is 5.32 Å². The maximum absolute atomic E-state index is 12.0. The highest BCUT2D eigenvalue weighted by Gasteiger charge is 2.16. The lowest BCUT2D eigenvalue weighted by Crippen LogP contribution is -2.31. The van der Waals surface area contributed by atoms with Crippen LogP contribution in [0.4, 0.5) is 0 Å². The second kappa shape index (κ2) is 8.15. The highest BCUT2D eigenvalue weighted by molar-refractivity contribution is 5.94. The van der Waals surface area contributed by atoms with Crippen LogP contribution in [0.2, 0.25) is 0 Å². The summed E-state index contributed by atoms with van der Waals surface area (Å²) in [5, 5.41) is 2.80. The Hall–Kier alpha value is -2.82. The first-order chi connectivity index (χ1) is 11.5. The maximum atomic E-state index is 12.0. The molecule has 5 heteroatoms. The van der Waals surface area contributed by atoms with Gasteiger partial charge in [0.05, 0.1) is 13.2 Å². The Morgan fingerprint density at radius 2 is 1.75 bits per heavy atom. The van der Waals surface area contributed by atoms with Gasteiger partial charge in [-0.1, -0.05) is 42.0 Å². The summed E-state index contributed by atoms with van der Waals surface area (Å²) in [6.07, 6.45) is 0. The minimum atomic E-state index is -0.592. The maximum Gasteiger partial charge on any atom is 0.342 e. The zero-order valence-corrected chi connectivity index (χ0v) is 14.0. The van der Waals surface area contributed by atoms with Crippen molar-refractivity contribution in [3.8, 4) is 5.75 Å². The minimum Gasteiger partial charge on any atom is -0.496 e. The second-order valence-corrected chi connectivity index (χ2v) is 5.48. The number of para-hydroxylation sites is 1. The first-order valence-corrected chi connectivity index (χ1v) is 7.67. The van der Waals surface area contributed by atoms with Gasteiger partial charge < -0.3 is 14.8 Å². The van der Waals surface area contributed by atoms with E-state index in [0.29, 0.717) is 11.3 Å². The Morgan fingerprint density at radius 1 is 1.08 bits per heavy atom. The van der Waals surface area contributed by atoms with Crippen LogP contribution in [0.5, 0.6) is 5.75 Å².